The lowest BCUT2D eigenvalue weighted by molar-refractivity contribution is -0.116. The van der Waals surface area contributed by atoms with Crippen molar-refractivity contribution in [2.24, 2.45) is 13.0 Å². The summed E-state index contributed by atoms with van der Waals surface area (Å²) in [6.07, 6.45) is 6.06. The number of nitrogens with zero attached hydrogens (tertiary/aromatic N) is 2. The largest absolute Gasteiger partial charge is 0.350 e. The number of fused-ring (bicyclic) bond motifs is 1. The zero-order chi connectivity index (χ0) is 25.8. The maximum atomic E-state index is 13.4. The molecule has 3 aromatic rings. The Morgan fingerprint density at radius 1 is 1.11 bits per heavy atom. The Kier molecular flexibility index (Phi) is 8.36. The molecule has 2 aromatic carbocycles. The highest BCUT2D eigenvalue weighted by molar-refractivity contribution is 7.98. The van der Waals surface area contributed by atoms with Gasteiger partial charge < -0.3 is 14.8 Å². The third-order valence-corrected chi connectivity index (χ3v) is 7.62. The van der Waals surface area contributed by atoms with Gasteiger partial charge in [-0.1, -0.05) is 23.7 Å². The Morgan fingerprint density at radius 2 is 1.81 bits per heavy atom. The maximum absolute atomic E-state index is 13.4. The molecule has 0 radical (unpaired) electrons. The van der Waals surface area contributed by atoms with Crippen LogP contribution < -0.4 is 5.32 Å². The van der Waals surface area contributed by atoms with Crippen molar-refractivity contribution < 1.29 is 18.8 Å². The summed E-state index contributed by atoms with van der Waals surface area (Å²) < 4.78 is 14.9. The van der Waals surface area contributed by atoms with E-state index in [0.717, 1.165) is 24.8 Å². The number of rotatable bonds is 8. The molecule has 0 bridgehead atoms. The number of aromatic nitrogens is 1. The van der Waals surface area contributed by atoms with Gasteiger partial charge in [0.15, 0.2) is 0 Å². The summed E-state index contributed by atoms with van der Waals surface area (Å²) in [7, 11) is 1.77. The standard InChI is InChI=1S/C27H29ClFN3O3S/c1-31-16-22(25(33)26(34)30-9-12-36-2)20-14-21(23(28)15-24(20)31)27(35)32-10-7-18(8-11-32)13-17-3-5-19(29)6-4-17/h3-6,14-16,18H,7-13H2,1-2H3,(H,30,34). The average molecular weight is 530 g/mol. The van der Waals surface area contributed by atoms with Gasteiger partial charge in [-0.25, -0.2) is 4.39 Å². The topological polar surface area (TPSA) is 71.4 Å². The van der Waals surface area contributed by atoms with E-state index in [1.807, 2.05) is 18.4 Å². The monoisotopic (exact) mass is 529 g/mol. The molecule has 0 aliphatic carbocycles. The summed E-state index contributed by atoms with van der Waals surface area (Å²) in [5, 5.41) is 3.48. The first-order chi connectivity index (χ1) is 17.3. The Balaban J connectivity index is 1.49. The highest BCUT2D eigenvalue weighted by Crippen LogP contribution is 2.30. The number of aryl methyl sites for hydroxylation is 1. The van der Waals surface area contributed by atoms with Gasteiger partial charge in [-0.15, -0.1) is 0 Å². The van der Waals surface area contributed by atoms with Crippen molar-refractivity contribution in [3.8, 4) is 0 Å². The Hall–Kier alpha value is -2.84. The van der Waals surface area contributed by atoms with Crippen LogP contribution in [0, 0.1) is 11.7 Å². The molecular weight excluding hydrogens is 501 g/mol. The highest BCUT2D eigenvalue weighted by Gasteiger charge is 2.27. The summed E-state index contributed by atoms with van der Waals surface area (Å²) in [5.74, 6) is -0.600. The van der Waals surface area contributed by atoms with Crippen LogP contribution in [0.25, 0.3) is 10.9 Å². The molecule has 1 aliphatic rings. The number of piperidine rings is 1. The lowest BCUT2D eigenvalue weighted by atomic mass is 9.90. The Labute approximate surface area is 219 Å². The highest BCUT2D eigenvalue weighted by atomic mass is 35.5. The molecule has 0 saturated carbocycles. The summed E-state index contributed by atoms with van der Waals surface area (Å²) in [4.78, 5) is 40.4. The first-order valence-electron chi connectivity index (χ1n) is 11.9. The molecule has 2 heterocycles. The number of hydrogen-bond donors (Lipinski definition) is 1. The van der Waals surface area contributed by atoms with Gasteiger partial charge in [0, 0.05) is 44.0 Å². The number of carbonyl (C=O) groups excluding carboxylic acids is 3. The molecule has 1 saturated heterocycles. The fourth-order valence-corrected chi connectivity index (χ4v) is 5.23. The molecule has 1 N–H and O–H groups in total. The van der Waals surface area contributed by atoms with E-state index in [1.54, 1.807) is 46.6 Å². The smallest absolute Gasteiger partial charge is 0.292 e. The number of ketones is 1. The minimum Gasteiger partial charge on any atom is -0.350 e. The second kappa shape index (κ2) is 11.5. The normalized spacial score (nSPS) is 14.3. The number of benzene rings is 2. The molecule has 9 heteroatoms. The van der Waals surface area contributed by atoms with Gasteiger partial charge in [0.25, 0.3) is 17.6 Å². The van der Waals surface area contributed by atoms with Crippen LogP contribution in [-0.4, -0.2) is 58.7 Å². The SMILES string of the molecule is CSCCNC(=O)C(=O)c1cn(C)c2cc(Cl)c(C(=O)N3CCC(Cc4ccc(F)cc4)CC3)cc12. The fourth-order valence-electron chi connectivity index (χ4n) is 4.68. The number of thioether (sulfide) groups is 1. The van der Waals surface area contributed by atoms with E-state index in [0.29, 0.717) is 52.8 Å². The van der Waals surface area contributed by atoms with Crippen LogP contribution in [0.4, 0.5) is 4.39 Å². The molecule has 36 heavy (non-hydrogen) atoms. The summed E-state index contributed by atoms with van der Waals surface area (Å²) >= 11 is 8.09. The van der Waals surface area contributed by atoms with Gasteiger partial charge in [-0.3, -0.25) is 14.4 Å². The third kappa shape index (κ3) is 5.76. The van der Waals surface area contributed by atoms with Crippen molar-refractivity contribution in [1.82, 2.24) is 14.8 Å². The van der Waals surface area contributed by atoms with E-state index >= 15 is 0 Å². The Bertz CT molecular complexity index is 1280. The van der Waals surface area contributed by atoms with Crippen LogP contribution in [0.1, 0.15) is 39.1 Å². The zero-order valence-corrected chi connectivity index (χ0v) is 21.9. The first kappa shape index (κ1) is 26.2. The Morgan fingerprint density at radius 3 is 2.47 bits per heavy atom. The van der Waals surface area contributed by atoms with Crippen LogP contribution in [0.2, 0.25) is 5.02 Å². The van der Waals surface area contributed by atoms with E-state index in [4.69, 9.17) is 11.6 Å². The van der Waals surface area contributed by atoms with E-state index in [-0.39, 0.29) is 17.3 Å². The molecule has 1 aromatic heterocycles. The number of carbonyl (C=O) groups is 3. The predicted molar refractivity (Wildman–Crippen MR) is 142 cm³/mol. The van der Waals surface area contributed by atoms with Gasteiger partial charge in [0.2, 0.25) is 0 Å². The second-order valence-corrected chi connectivity index (χ2v) is 10.5. The summed E-state index contributed by atoms with van der Waals surface area (Å²) in [6.45, 7) is 1.60. The number of hydrogen-bond acceptors (Lipinski definition) is 4. The molecule has 0 atom stereocenters. The van der Waals surface area contributed by atoms with E-state index in [1.165, 1.54) is 12.1 Å². The fraction of sp³-hybridized carbons (Fsp3) is 0.370. The molecule has 1 aliphatic heterocycles. The van der Waals surface area contributed by atoms with Crippen LogP contribution in [-0.2, 0) is 18.3 Å². The minimum atomic E-state index is -0.664. The maximum Gasteiger partial charge on any atom is 0.292 e. The minimum absolute atomic E-state index is 0.186. The molecule has 4 rings (SSSR count). The predicted octanol–water partition coefficient (Wildman–Crippen LogP) is 4.73. The van der Waals surface area contributed by atoms with Gasteiger partial charge in [-0.2, -0.15) is 11.8 Å². The van der Waals surface area contributed by atoms with Crippen molar-refractivity contribution in [3.63, 3.8) is 0 Å². The van der Waals surface area contributed by atoms with E-state index in [9.17, 15) is 18.8 Å². The summed E-state index contributed by atoms with van der Waals surface area (Å²) in [5.41, 5.74) is 2.34. The van der Waals surface area contributed by atoms with Crippen LogP contribution >= 0.6 is 23.4 Å². The molecule has 2 amide bonds. The molecular formula is C27H29ClFN3O3S. The van der Waals surface area contributed by atoms with Crippen molar-refractivity contribution in [2.45, 2.75) is 19.3 Å². The molecule has 190 valence electrons. The van der Waals surface area contributed by atoms with Crippen molar-refractivity contribution in [1.29, 1.82) is 0 Å². The van der Waals surface area contributed by atoms with Crippen molar-refractivity contribution in [3.05, 3.63) is 70.1 Å². The van der Waals surface area contributed by atoms with E-state index < -0.39 is 11.7 Å². The van der Waals surface area contributed by atoms with Gasteiger partial charge in [-0.05, 0) is 61.3 Å². The molecule has 0 spiro atoms. The van der Waals surface area contributed by atoms with Crippen LogP contribution in [0.15, 0.2) is 42.6 Å². The van der Waals surface area contributed by atoms with Gasteiger partial charge >= 0.3 is 0 Å². The number of likely N-dealkylation sites (tertiary alicyclic amines) is 1. The first-order valence-corrected chi connectivity index (χ1v) is 13.7. The third-order valence-electron chi connectivity index (χ3n) is 6.69. The van der Waals surface area contributed by atoms with Gasteiger partial charge in [0.05, 0.1) is 21.7 Å². The van der Waals surface area contributed by atoms with Crippen LogP contribution in [0.5, 0.6) is 0 Å². The number of amides is 2. The number of halogens is 2. The zero-order valence-electron chi connectivity index (χ0n) is 20.4. The average Bonchev–Trinajstić information content (AvgIpc) is 3.19. The number of nitrogens with one attached hydrogen (secondary N) is 1. The molecule has 1 fully saturated rings. The molecule has 6 nitrogen and oxygen atoms in total. The molecule has 0 unspecified atom stereocenters. The van der Waals surface area contributed by atoms with Gasteiger partial charge in [0.1, 0.15) is 5.82 Å². The lowest BCUT2D eigenvalue weighted by Gasteiger charge is -2.32. The second-order valence-electron chi connectivity index (χ2n) is 9.15. The summed E-state index contributed by atoms with van der Waals surface area (Å²) in [6, 6.07) is 9.87. The lowest BCUT2D eigenvalue weighted by Crippen LogP contribution is -2.39. The van der Waals surface area contributed by atoms with E-state index in [2.05, 4.69) is 5.32 Å². The van der Waals surface area contributed by atoms with Crippen molar-refractivity contribution >= 4 is 51.9 Å². The van der Waals surface area contributed by atoms with Crippen LogP contribution in [0.3, 0.4) is 0 Å². The quantitative estimate of drug-likeness (QED) is 0.260. The van der Waals surface area contributed by atoms with Crippen molar-refractivity contribution in [2.75, 3.05) is 31.6 Å². The number of Topliss-reactive ketones (excluding diaryl/α,β-unsaturated/α-hetero) is 1.